The number of carbonyl (C=O) groups excluding carboxylic acids is 1. The fraction of sp³-hybridized carbons (Fsp3) is 0. The highest BCUT2D eigenvalue weighted by Crippen LogP contribution is 2.42. The summed E-state index contributed by atoms with van der Waals surface area (Å²) in [6.45, 7) is 0. The van der Waals surface area contributed by atoms with Crippen molar-refractivity contribution in [2.45, 2.75) is 0 Å². The first-order chi connectivity index (χ1) is 8.66. The lowest BCUT2D eigenvalue weighted by Crippen LogP contribution is -2.22. The average Bonchev–Trinajstić information content (AvgIpc) is 2.38. The molecule has 5 heteroatoms. The minimum Gasteiger partial charge on any atom is -0.421 e. The molecule has 0 spiro atoms. The number of esters is 1. The quantitative estimate of drug-likeness (QED) is 0.460. The van der Waals surface area contributed by atoms with Crippen LogP contribution in [0, 0.1) is 10.1 Å². The third kappa shape index (κ3) is 1.45. The van der Waals surface area contributed by atoms with Crippen molar-refractivity contribution in [3.05, 3.63) is 58.1 Å². The zero-order valence-corrected chi connectivity index (χ0v) is 9.12. The SMILES string of the molecule is O=C1Oc2c1cc([N+](=O)[O-])cc2-c1ccccc1. The van der Waals surface area contributed by atoms with Crippen molar-refractivity contribution < 1.29 is 14.5 Å². The topological polar surface area (TPSA) is 69.4 Å². The number of hydrogen-bond acceptors (Lipinski definition) is 4. The highest BCUT2D eigenvalue weighted by molar-refractivity contribution is 6.05. The highest BCUT2D eigenvalue weighted by Gasteiger charge is 2.32. The Bertz CT molecular complexity index is 664. The van der Waals surface area contributed by atoms with Crippen LogP contribution in [0.5, 0.6) is 5.75 Å². The predicted octanol–water partition coefficient (Wildman–Crippen LogP) is 2.79. The molecule has 0 atom stereocenters. The number of carbonyl (C=O) groups is 1. The molecule has 18 heavy (non-hydrogen) atoms. The van der Waals surface area contributed by atoms with Gasteiger partial charge in [0.25, 0.3) is 5.69 Å². The number of hydrogen-bond donors (Lipinski definition) is 0. The standard InChI is InChI=1S/C13H7NO4/c15-13-11-7-9(14(16)17)6-10(12(11)18-13)8-4-2-1-3-5-8/h1-7H. The van der Waals surface area contributed by atoms with Gasteiger partial charge in [-0.05, 0) is 5.56 Å². The second kappa shape index (κ2) is 3.66. The molecule has 5 nitrogen and oxygen atoms in total. The fourth-order valence-corrected chi connectivity index (χ4v) is 1.91. The maximum absolute atomic E-state index is 11.2. The summed E-state index contributed by atoms with van der Waals surface area (Å²) < 4.78 is 4.94. The fourth-order valence-electron chi connectivity index (χ4n) is 1.91. The largest absolute Gasteiger partial charge is 0.421 e. The van der Waals surface area contributed by atoms with E-state index in [9.17, 15) is 14.9 Å². The summed E-state index contributed by atoms with van der Waals surface area (Å²) in [6, 6.07) is 11.8. The number of fused-ring (bicyclic) bond motifs is 1. The summed E-state index contributed by atoms with van der Waals surface area (Å²) in [4.78, 5) is 21.6. The number of nitrogens with zero attached hydrogens (tertiary/aromatic N) is 1. The van der Waals surface area contributed by atoms with Gasteiger partial charge in [0.2, 0.25) is 0 Å². The lowest BCUT2D eigenvalue weighted by molar-refractivity contribution is -0.384. The summed E-state index contributed by atoms with van der Waals surface area (Å²) >= 11 is 0. The summed E-state index contributed by atoms with van der Waals surface area (Å²) in [5.41, 5.74) is 1.51. The van der Waals surface area contributed by atoms with Crippen LogP contribution in [-0.4, -0.2) is 10.9 Å². The smallest absolute Gasteiger partial charge is 0.347 e. The predicted molar refractivity (Wildman–Crippen MR) is 63.5 cm³/mol. The first kappa shape index (κ1) is 10.5. The zero-order chi connectivity index (χ0) is 12.7. The van der Waals surface area contributed by atoms with Crippen molar-refractivity contribution in [3.8, 4) is 16.9 Å². The normalized spacial score (nSPS) is 12.3. The first-order valence-corrected chi connectivity index (χ1v) is 5.27. The van der Waals surface area contributed by atoms with Crippen molar-refractivity contribution in [2.75, 3.05) is 0 Å². The Balaban J connectivity index is 2.24. The summed E-state index contributed by atoms with van der Waals surface area (Å²) in [5, 5.41) is 10.8. The van der Waals surface area contributed by atoms with Crippen molar-refractivity contribution in [1.82, 2.24) is 0 Å². The number of ether oxygens (including phenoxy) is 1. The van der Waals surface area contributed by atoms with Crippen LogP contribution in [0.15, 0.2) is 42.5 Å². The van der Waals surface area contributed by atoms with E-state index in [4.69, 9.17) is 4.74 Å². The zero-order valence-electron chi connectivity index (χ0n) is 9.12. The second-order valence-corrected chi connectivity index (χ2v) is 3.88. The van der Waals surface area contributed by atoms with E-state index in [0.29, 0.717) is 11.3 Å². The Morgan fingerprint density at radius 3 is 2.33 bits per heavy atom. The first-order valence-electron chi connectivity index (χ1n) is 5.27. The lowest BCUT2D eigenvalue weighted by Gasteiger charge is -2.20. The molecular formula is C13H7NO4. The van der Waals surface area contributed by atoms with Crippen LogP contribution in [-0.2, 0) is 0 Å². The molecule has 0 bridgehead atoms. The molecule has 0 aromatic heterocycles. The Labute approximate surface area is 102 Å². The Morgan fingerprint density at radius 1 is 1.06 bits per heavy atom. The van der Waals surface area contributed by atoms with Gasteiger partial charge < -0.3 is 4.74 Å². The van der Waals surface area contributed by atoms with Crippen LogP contribution in [0.25, 0.3) is 11.1 Å². The van der Waals surface area contributed by atoms with Gasteiger partial charge >= 0.3 is 5.97 Å². The van der Waals surface area contributed by atoms with Gasteiger partial charge in [-0.1, -0.05) is 30.3 Å². The number of rotatable bonds is 2. The van der Waals surface area contributed by atoms with E-state index in [-0.39, 0.29) is 11.3 Å². The number of nitro benzene ring substituents is 1. The van der Waals surface area contributed by atoms with Crippen LogP contribution < -0.4 is 4.74 Å². The molecule has 2 aromatic rings. The van der Waals surface area contributed by atoms with E-state index in [1.807, 2.05) is 30.3 Å². The summed E-state index contributed by atoms with van der Waals surface area (Å²) in [5.74, 6) is -0.109. The minimum absolute atomic E-state index is 0.107. The van der Waals surface area contributed by atoms with Crippen molar-refractivity contribution in [1.29, 1.82) is 0 Å². The Morgan fingerprint density at radius 2 is 1.72 bits per heavy atom. The molecule has 0 unspecified atom stereocenters. The lowest BCUT2D eigenvalue weighted by atomic mass is 9.98. The van der Waals surface area contributed by atoms with Gasteiger partial charge in [-0.2, -0.15) is 0 Å². The molecule has 0 saturated carbocycles. The number of benzene rings is 2. The molecule has 3 rings (SSSR count). The summed E-state index contributed by atoms with van der Waals surface area (Å²) in [6.07, 6.45) is 0. The highest BCUT2D eigenvalue weighted by atomic mass is 16.6. The molecule has 1 aliphatic rings. The van der Waals surface area contributed by atoms with Gasteiger partial charge in [-0.3, -0.25) is 10.1 Å². The molecule has 0 radical (unpaired) electrons. The van der Waals surface area contributed by atoms with Gasteiger partial charge in [-0.15, -0.1) is 0 Å². The Kier molecular flexibility index (Phi) is 2.13. The van der Waals surface area contributed by atoms with E-state index in [2.05, 4.69) is 0 Å². The number of non-ortho nitro benzene ring substituents is 1. The molecular weight excluding hydrogens is 234 g/mol. The van der Waals surface area contributed by atoms with E-state index in [0.717, 1.165) is 5.56 Å². The number of nitro groups is 1. The van der Waals surface area contributed by atoms with Gasteiger partial charge in [0, 0.05) is 17.7 Å². The molecule has 1 aliphatic heterocycles. The van der Waals surface area contributed by atoms with E-state index >= 15 is 0 Å². The van der Waals surface area contributed by atoms with Crippen LogP contribution in [0.3, 0.4) is 0 Å². The maximum atomic E-state index is 11.2. The molecule has 0 fully saturated rings. The van der Waals surface area contributed by atoms with E-state index in [1.54, 1.807) is 0 Å². The monoisotopic (exact) mass is 241 g/mol. The van der Waals surface area contributed by atoms with E-state index < -0.39 is 10.9 Å². The van der Waals surface area contributed by atoms with E-state index in [1.165, 1.54) is 12.1 Å². The van der Waals surface area contributed by atoms with Crippen molar-refractivity contribution in [3.63, 3.8) is 0 Å². The van der Waals surface area contributed by atoms with Crippen LogP contribution in [0.1, 0.15) is 10.4 Å². The average molecular weight is 241 g/mol. The summed E-state index contributed by atoms with van der Waals surface area (Å²) in [7, 11) is 0. The van der Waals surface area contributed by atoms with Crippen LogP contribution in [0.2, 0.25) is 0 Å². The third-order valence-corrected chi connectivity index (χ3v) is 2.78. The van der Waals surface area contributed by atoms with Crippen LogP contribution >= 0.6 is 0 Å². The van der Waals surface area contributed by atoms with Crippen molar-refractivity contribution >= 4 is 11.7 Å². The molecule has 0 saturated heterocycles. The van der Waals surface area contributed by atoms with Crippen molar-refractivity contribution in [2.24, 2.45) is 0 Å². The van der Waals surface area contributed by atoms with Gasteiger partial charge in [0.15, 0.2) is 5.75 Å². The maximum Gasteiger partial charge on any atom is 0.347 e. The Hall–Kier alpha value is -2.69. The molecule has 88 valence electrons. The minimum atomic E-state index is -0.522. The molecule has 1 heterocycles. The molecule has 0 aliphatic carbocycles. The van der Waals surface area contributed by atoms with Gasteiger partial charge in [-0.25, -0.2) is 4.79 Å². The molecule has 0 N–H and O–H groups in total. The third-order valence-electron chi connectivity index (χ3n) is 2.78. The van der Waals surface area contributed by atoms with Gasteiger partial charge in [0.1, 0.15) is 5.56 Å². The van der Waals surface area contributed by atoms with Crippen LogP contribution in [0.4, 0.5) is 5.69 Å². The molecule has 0 amide bonds. The van der Waals surface area contributed by atoms with Gasteiger partial charge in [0.05, 0.1) is 4.92 Å². The second-order valence-electron chi connectivity index (χ2n) is 3.88. The molecule has 2 aromatic carbocycles.